The Balaban J connectivity index is 1.32. The number of ether oxygens (including phenoxy) is 1. The highest BCUT2D eigenvalue weighted by molar-refractivity contribution is 5.72. The topological polar surface area (TPSA) is 33.0 Å². The molecule has 5 aromatic carbocycles. The molecule has 0 aliphatic rings. The fourth-order valence-electron chi connectivity index (χ4n) is 4.98. The number of alkyl halides is 2. The molecule has 0 aromatic heterocycles. The number of aryl methyl sites for hydroxylation is 1. The van der Waals surface area contributed by atoms with Crippen molar-refractivity contribution in [3.63, 3.8) is 0 Å². The Morgan fingerprint density at radius 1 is 0.652 bits per heavy atom. The Labute approximate surface area is 260 Å². The van der Waals surface area contributed by atoms with Crippen molar-refractivity contribution in [2.45, 2.75) is 25.9 Å². The quantitative estimate of drug-likeness (QED) is 0.120. The molecule has 0 spiro atoms. The Morgan fingerprint density at radius 3 is 1.74 bits per heavy atom. The zero-order valence-corrected chi connectivity index (χ0v) is 24.2. The number of allylic oxidation sites excluding steroid dienone is 2. The molecule has 0 atom stereocenters. The van der Waals surface area contributed by atoms with Crippen LogP contribution in [0.15, 0.2) is 103 Å². The SMILES string of the molecule is C/C=C/CCc1ccc(-c2cc(F)c(C(F)(F)Oc3ccc(-c4ccc(-c5cc(F)c(C#N)c(F)c5)c(F)c4)cc3)c(F)c2)cc1. The minimum atomic E-state index is -4.37. The summed E-state index contributed by atoms with van der Waals surface area (Å²) >= 11 is 0. The second-order valence-electron chi connectivity index (χ2n) is 10.4. The summed E-state index contributed by atoms with van der Waals surface area (Å²) in [4.78, 5) is 0. The molecule has 0 N–H and O–H groups in total. The van der Waals surface area contributed by atoms with Crippen molar-refractivity contribution in [3.8, 4) is 45.2 Å². The van der Waals surface area contributed by atoms with Gasteiger partial charge in [-0.15, -0.1) is 0 Å². The molecule has 0 saturated carbocycles. The van der Waals surface area contributed by atoms with E-state index >= 15 is 8.78 Å². The summed E-state index contributed by atoms with van der Waals surface area (Å²) in [7, 11) is 0. The van der Waals surface area contributed by atoms with Crippen LogP contribution in [-0.4, -0.2) is 0 Å². The molecule has 9 heteroatoms. The van der Waals surface area contributed by atoms with Crippen molar-refractivity contribution in [1.82, 2.24) is 0 Å². The monoisotopic (exact) mass is 631 g/mol. The van der Waals surface area contributed by atoms with Gasteiger partial charge in [-0.3, -0.25) is 0 Å². The van der Waals surface area contributed by atoms with Gasteiger partial charge in [-0.25, -0.2) is 22.0 Å². The molecule has 0 amide bonds. The van der Waals surface area contributed by atoms with Crippen LogP contribution >= 0.6 is 0 Å². The normalized spacial score (nSPS) is 11.5. The van der Waals surface area contributed by atoms with Crippen LogP contribution in [-0.2, 0) is 12.5 Å². The fraction of sp³-hybridized carbons (Fsp3) is 0.108. The summed E-state index contributed by atoms with van der Waals surface area (Å²) in [5.74, 6) is -6.47. The van der Waals surface area contributed by atoms with Gasteiger partial charge in [0.2, 0.25) is 0 Å². The first kappa shape index (κ1) is 32.0. The van der Waals surface area contributed by atoms with Crippen LogP contribution in [0, 0.1) is 40.4 Å². The number of nitriles is 1. The van der Waals surface area contributed by atoms with Crippen molar-refractivity contribution in [3.05, 3.63) is 149 Å². The number of halogens is 7. The highest BCUT2D eigenvalue weighted by Gasteiger charge is 2.41. The van der Waals surface area contributed by atoms with Crippen molar-refractivity contribution in [2.24, 2.45) is 0 Å². The molecule has 0 heterocycles. The van der Waals surface area contributed by atoms with Crippen molar-refractivity contribution < 1.29 is 35.5 Å². The molecular formula is C37H24F7NO. The van der Waals surface area contributed by atoms with Crippen molar-refractivity contribution in [1.29, 1.82) is 5.26 Å². The third-order valence-corrected chi connectivity index (χ3v) is 7.32. The molecule has 0 bridgehead atoms. The lowest BCUT2D eigenvalue weighted by Crippen LogP contribution is -2.25. The first-order chi connectivity index (χ1) is 22.0. The zero-order chi connectivity index (χ0) is 33.0. The minimum absolute atomic E-state index is 0.0895. The van der Waals surface area contributed by atoms with Gasteiger partial charge < -0.3 is 4.74 Å². The van der Waals surface area contributed by atoms with Crippen LogP contribution in [0.25, 0.3) is 33.4 Å². The van der Waals surface area contributed by atoms with Gasteiger partial charge in [0.05, 0.1) is 0 Å². The van der Waals surface area contributed by atoms with Gasteiger partial charge in [-0.1, -0.05) is 60.7 Å². The Morgan fingerprint density at radius 2 is 1.17 bits per heavy atom. The molecule has 0 saturated heterocycles. The van der Waals surface area contributed by atoms with E-state index in [1.807, 2.05) is 31.2 Å². The maximum atomic E-state index is 15.1. The molecule has 5 aromatic rings. The van der Waals surface area contributed by atoms with E-state index in [0.717, 1.165) is 60.9 Å². The summed E-state index contributed by atoms with van der Waals surface area (Å²) < 4.78 is 108. The summed E-state index contributed by atoms with van der Waals surface area (Å²) in [6.45, 7) is 1.92. The lowest BCUT2D eigenvalue weighted by Gasteiger charge is -2.20. The average Bonchev–Trinajstić information content (AvgIpc) is 3.01. The maximum absolute atomic E-state index is 15.1. The number of hydrogen-bond donors (Lipinski definition) is 0. The van der Waals surface area contributed by atoms with E-state index in [9.17, 15) is 22.0 Å². The largest absolute Gasteiger partial charge is 0.432 e. The van der Waals surface area contributed by atoms with Gasteiger partial charge in [0.15, 0.2) is 0 Å². The highest BCUT2D eigenvalue weighted by Crippen LogP contribution is 2.38. The molecule has 0 radical (unpaired) electrons. The lowest BCUT2D eigenvalue weighted by atomic mass is 9.98. The second kappa shape index (κ2) is 13.3. The Bertz CT molecular complexity index is 1910. The molecule has 5 rings (SSSR count). The summed E-state index contributed by atoms with van der Waals surface area (Å²) in [5, 5.41) is 8.83. The number of rotatable bonds is 9. The predicted molar refractivity (Wildman–Crippen MR) is 161 cm³/mol. The molecule has 0 aliphatic heterocycles. The van der Waals surface area contributed by atoms with Gasteiger partial charge >= 0.3 is 6.11 Å². The molecule has 0 unspecified atom stereocenters. The van der Waals surface area contributed by atoms with Crippen LogP contribution in [0.5, 0.6) is 5.75 Å². The van der Waals surface area contributed by atoms with E-state index in [4.69, 9.17) is 10.00 Å². The van der Waals surface area contributed by atoms with Crippen LogP contribution in [0.1, 0.15) is 30.0 Å². The third-order valence-electron chi connectivity index (χ3n) is 7.32. The number of benzene rings is 5. The van der Waals surface area contributed by atoms with E-state index in [1.54, 1.807) is 12.1 Å². The van der Waals surface area contributed by atoms with Gasteiger partial charge in [0, 0.05) is 5.56 Å². The van der Waals surface area contributed by atoms with Gasteiger partial charge in [-0.2, -0.15) is 14.0 Å². The first-order valence-corrected chi connectivity index (χ1v) is 14.1. The van der Waals surface area contributed by atoms with Gasteiger partial charge in [0.25, 0.3) is 0 Å². The van der Waals surface area contributed by atoms with Gasteiger partial charge in [-0.05, 0) is 95.6 Å². The molecule has 2 nitrogen and oxygen atoms in total. The summed E-state index contributed by atoms with van der Waals surface area (Å²) in [6, 6.07) is 20.4. The Kier molecular flexibility index (Phi) is 9.28. The van der Waals surface area contributed by atoms with Crippen molar-refractivity contribution >= 4 is 0 Å². The van der Waals surface area contributed by atoms with Crippen LogP contribution in [0.3, 0.4) is 0 Å². The van der Waals surface area contributed by atoms with E-state index in [1.165, 1.54) is 30.3 Å². The molecular weight excluding hydrogens is 607 g/mol. The molecule has 232 valence electrons. The highest BCUT2D eigenvalue weighted by atomic mass is 19.3. The van der Waals surface area contributed by atoms with Crippen LogP contribution in [0.2, 0.25) is 0 Å². The van der Waals surface area contributed by atoms with E-state index in [2.05, 4.69) is 0 Å². The zero-order valence-electron chi connectivity index (χ0n) is 24.2. The summed E-state index contributed by atoms with van der Waals surface area (Å²) in [5.41, 5.74) is -0.344. The third kappa shape index (κ3) is 6.81. The molecule has 46 heavy (non-hydrogen) atoms. The van der Waals surface area contributed by atoms with Crippen LogP contribution in [0.4, 0.5) is 30.7 Å². The molecule has 0 aliphatic carbocycles. The van der Waals surface area contributed by atoms with Crippen molar-refractivity contribution in [2.75, 3.05) is 0 Å². The standard InChI is InChI=1S/C37H24F7NO/c1-2-3-4-5-22-6-8-24(9-7-22)26-17-34(41)36(35(42)18-26)37(43,44)46-28-13-10-23(11-14-28)25-12-15-29(31(38)16-25)27-19-32(39)30(21-45)33(40)20-27/h2-3,6-20H,4-5H2,1H3/b3-2+. The number of hydrogen-bond acceptors (Lipinski definition) is 2. The number of nitrogens with zero attached hydrogens (tertiary/aromatic N) is 1. The summed E-state index contributed by atoms with van der Waals surface area (Å²) in [6.07, 6.45) is 1.21. The predicted octanol–water partition coefficient (Wildman–Crippen LogP) is 10.9. The smallest absolute Gasteiger partial charge is 0.429 e. The second-order valence-corrected chi connectivity index (χ2v) is 10.4. The van der Waals surface area contributed by atoms with E-state index < -0.39 is 52.1 Å². The average molecular weight is 632 g/mol. The Hall–Kier alpha value is -5.36. The first-order valence-electron chi connectivity index (χ1n) is 14.1. The lowest BCUT2D eigenvalue weighted by molar-refractivity contribution is -0.189. The van der Waals surface area contributed by atoms with Crippen LogP contribution < -0.4 is 4.74 Å². The van der Waals surface area contributed by atoms with E-state index in [-0.39, 0.29) is 16.7 Å². The maximum Gasteiger partial charge on any atom is 0.432 e. The fourth-order valence-corrected chi connectivity index (χ4v) is 4.98. The van der Waals surface area contributed by atoms with Gasteiger partial charge in [0.1, 0.15) is 52.0 Å². The minimum Gasteiger partial charge on any atom is -0.429 e. The van der Waals surface area contributed by atoms with E-state index in [0.29, 0.717) is 16.7 Å². The molecule has 0 fully saturated rings.